The van der Waals surface area contributed by atoms with Gasteiger partial charge in [0.15, 0.2) is 0 Å². The second kappa shape index (κ2) is 44.0. The second-order valence-electron chi connectivity index (χ2n) is 32.3. The van der Waals surface area contributed by atoms with Gasteiger partial charge < -0.3 is 28.7 Å². The van der Waals surface area contributed by atoms with Crippen molar-refractivity contribution in [3.63, 3.8) is 0 Å². The van der Waals surface area contributed by atoms with Crippen LogP contribution in [0, 0.1) is 0 Å². The van der Waals surface area contributed by atoms with Crippen molar-refractivity contribution in [3.05, 3.63) is 512 Å². The number of aromatic amines is 1. The molecule has 0 bridgehead atoms. The summed E-state index contributed by atoms with van der Waals surface area (Å²) < 4.78 is 16.3. The van der Waals surface area contributed by atoms with Gasteiger partial charge in [0.1, 0.15) is 0 Å². The van der Waals surface area contributed by atoms with Crippen LogP contribution in [-0.2, 0) is 0 Å². The summed E-state index contributed by atoms with van der Waals surface area (Å²) in [6.07, 6.45) is 0. The van der Waals surface area contributed by atoms with E-state index in [1.54, 1.807) is 12.1 Å². The molecule has 0 saturated carbocycles. The number of nitrogens with zero attached hydrogens (tertiary/aromatic N) is 4. The molecule has 0 aliphatic rings. The van der Waals surface area contributed by atoms with Crippen molar-refractivity contribution in [2.24, 2.45) is 4.30 Å². The van der Waals surface area contributed by atoms with E-state index in [2.05, 4.69) is 545 Å². The molecular weight excluding hydrogens is 2080 g/mol. The Morgan fingerprint density at radius 3 is 0.706 bits per heavy atom. The van der Waals surface area contributed by atoms with Gasteiger partial charge in [0, 0.05) is 98.0 Å². The van der Waals surface area contributed by atoms with Gasteiger partial charge in [-0.25, -0.2) is 0 Å². The van der Waals surface area contributed by atoms with Gasteiger partial charge in [-0.15, -0.1) is 0 Å². The van der Waals surface area contributed by atoms with E-state index in [9.17, 15) is 0 Å². The molecule has 4 aromatic heterocycles. The first-order valence-corrected chi connectivity index (χ1v) is 49.3. The van der Waals surface area contributed by atoms with Crippen LogP contribution in [0.5, 0.6) is 0 Å². The Labute approximate surface area is 847 Å². The van der Waals surface area contributed by atoms with Crippen molar-refractivity contribution in [1.82, 2.24) is 18.7 Å². The van der Waals surface area contributed by atoms with Gasteiger partial charge in [-0.05, 0) is 253 Å². The number of halogens is 6. The molecule has 0 spiro atoms. The van der Waals surface area contributed by atoms with Crippen LogP contribution in [0.25, 0.3) is 182 Å². The number of aromatic nitrogens is 4. The predicted octanol–water partition coefficient (Wildman–Crippen LogP) is 35.2. The normalized spacial score (nSPS) is 10.9. The van der Waals surface area contributed by atoms with Crippen LogP contribution in [-0.4, -0.2) is 43.5 Å². The number of benzene rings is 20. The topological polar surface area (TPSA) is 83.4 Å². The van der Waals surface area contributed by atoms with Crippen LogP contribution >= 0.6 is 108 Å². The minimum absolute atomic E-state index is 0.509. The summed E-state index contributed by atoms with van der Waals surface area (Å²) in [5.41, 5.74) is 30.5. The van der Waals surface area contributed by atoms with Crippen LogP contribution in [0.4, 0.5) is 0 Å². The minimum Gasteiger partial charge on any atom is -0.355 e. The third-order valence-corrected chi connectivity index (χ3v) is 26.9. The summed E-state index contributed by atoms with van der Waals surface area (Å²) in [5.74, 6) is 0. The molecule has 1 radical (unpaired) electrons. The van der Waals surface area contributed by atoms with Gasteiger partial charge in [0.2, 0.25) is 0 Å². The molecule has 20 aromatic carbocycles. The van der Waals surface area contributed by atoms with Gasteiger partial charge in [0.25, 0.3) is 0 Å². The maximum atomic E-state index is 8.94. The number of thiol groups is 1. The predicted molar refractivity (Wildman–Crippen MR) is 602 cm³/mol. The fraction of sp³-hybridized carbons (Fsp3) is 0. The van der Waals surface area contributed by atoms with Crippen LogP contribution in [0.2, 0.25) is 0 Å². The molecule has 136 heavy (non-hydrogen) atoms. The number of H-pyrrole nitrogens is 1. The zero-order valence-electron chi connectivity index (χ0n) is 73.2. The molecule has 24 aromatic rings. The molecule has 655 valence electrons. The third-order valence-electron chi connectivity index (χ3n) is 23.8. The zero-order valence-corrected chi connectivity index (χ0v) is 83.7. The molecule has 4 heterocycles. The smallest absolute Gasteiger partial charge is 0.0541 e. The maximum absolute atomic E-state index is 8.94. The van der Waals surface area contributed by atoms with Crippen molar-refractivity contribution in [3.8, 4) is 95.0 Å². The molecular formula is C120H84B2Br6N5O2S. The first kappa shape index (κ1) is 93.1. The number of para-hydroxylation sites is 4. The van der Waals surface area contributed by atoms with E-state index < -0.39 is 7.12 Å². The average Bonchev–Trinajstić information content (AvgIpc) is 1.58. The van der Waals surface area contributed by atoms with Gasteiger partial charge in [0.05, 0.1) is 33.1 Å². The minimum atomic E-state index is -1.39. The Morgan fingerprint density at radius 1 is 0.206 bits per heavy atom. The molecule has 0 amide bonds. The van der Waals surface area contributed by atoms with Crippen LogP contribution in [0.1, 0.15) is 0 Å². The molecule has 0 aliphatic heterocycles. The second-order valence-corrected chi connectivity index (χ2v) is 38.0. The quantitative estimate of drug-likeness (QED) is 0.0769. The fourth-order valence-electron chi connectivity index (χ4n) is 17.3. The van der Waals surface area contributed by atoms with Gasteiger partial charge >= 0.3 is 31.9 Å². The monoisotopic (exact) mass is 2150 g/mol. The maximum Gasteiger partial charge on any atom is 0.0541 e. The summed E-state index contributed by atoms with van der Waals surface area (Å²) in [7, 11) is 2.94. The van der Waals surface area contributed by atoms with Gasteiger partial charge in [-0.2, -0.15) is 0 Å². The van der Waals surface area contributed by atoms with E-state index in [4.69, 9.17) is 10.0 Å². The first-order valence-electron chi connectivity index (χ1n) is 44.1. The molecule has 7 nitrogen and oxygen atoms in total. The summed E-state index contributed by atoms with van der Waals surface area (Å²) in [5, 5.41) is 28.0. The van der Waals surface area contributed by atoms with Crippen LogP contribution < -0.4 is 5.46 Å². The van der Waals surface area contributed by atoms with Gasteiger partial charge in [-0.3, -0.25) is 0 Å². The van der Waals surface area contributed by atoms with Crippen molar-refractivity contribution in [2.45, 2.75) is 0 Å². The molecule has 0 fully saturated rings. The molecule has 24 rings (SSSR count). The van der Waals surface area contributed by atoms with Crippen molar-refractivity contribution < 1.29 is 10.0 Å². The molecule has 16 heteroatoms. The number of hydrogen-bond donors (Lipinski definition) is 4. The fourth-order valence-corrected chi connectivity index (χ4v) is 19.0. The number of hydrogen-bond acceptors (Lipinski definition) is 4. The number of fused-ring (bicyclic) bond motifs is 12. The standard InChI is InChI=1S/C54H37N.C18H10Br3N.C18H12BrN.C12H11BO2.C12H9N.C6H4Br2.BHNS/c1-4-10-38(11-5-1)41-16-18-44(19-17-41)45-28-32-50(33-29-45)55-53-34-30-48(46-24-20-42(21-25-46)39-12-6-2-7-13-39)36-51(53)52-37-49(31-35-54(52)55)47-26-22-43(23-27-47)40-14-8-3-9-15-40;19-11-1-5-14(6-2-11)22-17-7-3-12(20)9-15(17)16-10-13(21)4-8-18(16)22;19-13-9-11-14(12-10-13)20-17-7-3-1-5-15(17)16-6-2-4-8-18(16)20;14-13(15)12-8-6-11(7-9-12)10-4-2-1-3-5-10;1-3-7-11-9(5-1)10-6-2-4-8-12(10)13-11;7-5-1-2-6(8)4-3-5;1-2-3/h1-37H;1-10H;1-12H;1-9,14-15H;1-8,13H;1-4H;3H. The SMILES string of the molecule is Brc1ccc(-n2c3ccc(Br)cc3c3cc(Br)ccc32)cc1.Brc1ccc(-n2c3ccccc3c3ccccc32)cc1.Brc1ccc(Br)cc1.OB(O)c1ccc(-c2ccccc2)cc1.[B]=NS.c1ccc(-c2ccc(-c3ccc(-n4c5ccc(-c6ccc(-c7ccccc7)cc6)cc5c5cc(-c6ccc(-c7ccccc7)cc6)ccc54)cc3)cc2)cc1.c1ccc2c(c1)[nH]c1ccccc12. The Hall–Kier alpha value is -13.3. The van der Waals surface area contributed by atoms with Crippen LogP contribution in [0.15, 0.2) is 516 Å². The van der Waals surface area contributed by atoms with E-state index in [1.807, 2.05) is 66.7 Å². The van der Waals surface area contributed by atoms with E-state index in [1.165, 1.54) is 160 Å². The van der Waals surface area contributed by atoms with Crippen molar-refractivity contribution >= 4 is 216 Å². The third kappa shape index (κ3) is 21.6. The van der Waals surface area contributed by atoms with E-state index in [0.29, 0.717) is 5.46 Å². The Kier molecular flexibility index (Phi) is 30.1. The summed E-state index contributed by atoms with van der Waals surface area (Å²) >= 11 is 24.0. The summed E-state index contributed by atoms with van der Waals surface area (Å²) in [6, 6.07) is 170. The molecule has 3 N–H and O–H groups in total. The summed E-state index contributed by atoms with van der Waals surface area (Å²) in [4.78, 5) is 3.38. The zero-order chi connectivity index (χ0) is 93.4. The largest absolute Gasteiger partial charge is 0.355 e. The number of rotatable bonds is 11. The Balaban J connectivity index is 0.000000124. The summed E-state index contributed by atoms with van der Waals surface area (Å²) in [6.45, 7) is 0. The first-order chi connectivity index (χ1) is 66.6. The molecule has 0 atom stereocenters. The van der Waals surface area contributed by atoms with E-state index >= 15 is 0 Å². The van der Waals surface area contributed by atoms with Crippen LogP contribution in [0.3, 0.4) is 0 Å². The molecule has 0 aliphatic carbocycles. The average molecular weight is 2160 g/mol. The van der Waals surface area contributed by atoms with Gasteiger partial charge in [-0.1, -0.05) is 411 Å². The molecule has 0 unspecified atom stereocenters. The number of nitrogens with one attached hydrogen (secondary N) is 1. The van der Waals surface area contributed by atoms with Crippen molar-refractivity contribution in [1.29, 1.82) is 0 Å². The van der Waals surface area contributed by atoms with E-state index in [0.717, 1.165) is 49.3 Å². The van der Waals surface area contributed by atoms with E-state index in [-0.39, 0.29) is 0 Å². The Bertz CT molecular complexity index is 7900. The van der Waals surface area contributed by atoms with Crippen molar-refractivity contribution in [2.75, 3.05) is 0 Å². The molecule has 0 saturated heterocycles. The Morgan fingerprint density at radius 2 is 0.404 bits per heavy atom.